The fraction of sp³-hybridized carbons (Fsp3) is 0.241. The van der Waals surface area contributed by atoms with Crippen molar-refractivity contribution in [1.29, 1.82) is 0 Å². The molecule has 3 aromatic carbocycles. The Balaban J connectivity index is 1.35. The average Bonchev–Trinajstić information content (AvgIpc) is 2.89. The van der Waals surface area contributed by atoms with E-state index >= 15 is 0 Å². The minimum absolute atomic E-state index is 0.0946. The van der Waals surface area contributed by atoms with Crippen LogP contribution in [0.25, 0.3) is 11.0 Å². The Bertz CT molecular complexity index is 1390. The van der Waals surface area contributed by atoms with Gasteiger partial charge in [0.05, 0.1) is 19.1 Å². The van der Waals surface area contributed by atoms with Crippen LogP contribution in [0.3, 0.4) is 0 Å². The molecular weight excluding hydrogens is 460 g/mol. The van der Waals surface area contributed by atoms with Crippen molar-refractivity contribution in [3.8, 4) is 28.7 Å². The summed E-state index contributed by atoms with van der Waals surface area (Å²) in [4.78, 5) is 25.2. The van der Waals surface area contributed by atoms with E-state index in [1.54, 1.807) is 43.5 Å². The molecule has 1 aromatic heterocycles. The lowest BCUT2D eigenvalue weighted by Gasteiger charge is -2.13. The molecule has 0 aliphatic rings. The van der Waals surface area contributed by atoms with Gasteiger partial charge < -0.3 is 23.4 Å². The fourth-order valence-corrected chi connectivity index (χ4v) is 3.65. The van der Waals surface area contributed by atoms with Gasteiger partial charge in [-0.1, -0.05) is 32.0 Å². The minimum Gasteiger partial charge on any atom is -0.497 e. The molecule has 0 atom stereocenters. The van der Waals surface area contributed by atoms with Crippen LogP contribution in [0.4, 0.5) is 0 Å². The van der Waals surface area contributed by atoms with Crippen LogP contribution in [-0.4, -0.2) is 19.7 Å². The van der Waals surface area contributed by atoms with Crippen molar-refractivity contribution in [2.75, 3.05) is 13.7 Å². The lowest BCUT2D eigenvalue weighted by atomic mass is 10.0. The Hall–Kier alpha value is -4.26. The summed E-state index contributed by atoms with van der Waals surface area (Å²) in [5, 5.41) is 0.335. The van der Waals surface area contributed by atoms with Crippen molar-refractivity contribution >= 4 is 16.9 Å². The van der Waals surface area contributed by atoms with Gasteiger partial charge in [-0.2, -0.15) is 0 Å². The molecule has 186 valence electrons. The molecule has 7 heteroatoms. The quantitative estimate of drug-likeness (QED) is 0.143. The van der Waals surface area contributed by atoms with E-state index in [4.69, 9.17) is 23.4 Å². The zero-order valence-electron chi connectivity index (χ0n) is 20.5. The maximum atomic E-state index is 13.0. The first-order valence-electron chi connectivity index (χ1n) is 11.7. The number of carbonyl (C=O) groups is 1. The third-order valence-electron chi connectivity index (χ3n) is 5.56. The Morgan fingerprint density at radius 1 is 0.917 bits per heavy atom. The van der Waals surface area contributed by atoms with Gasteiger partial charge in [-0.05, 0) is 60.4 Å². The zero-order valence-corrected chi connectivity index (χ0v) is 20.5. The maximum Gasteiger partial charge on any atom is 0.311 e. The SMILES string of the molecule is COc1ccc(OCCCC(=O)Oc2ccc3c(=O)c(Oc4ccccc4C(C)C)coc3c2)cc1. The summed E-state index contributed by atoms with van der Waals surface area (Å²) in [5.41, 5.74) is 0.995. The molecule has 4 rings (SSSR count). The van der Waals surface area contributed by atoms with Gasteiger partial charge in [-0.15, -0.1) is 0 Å². The highest BCUT2D eigenvalue weighted by molar-refractivity contribution is 5.80. The third kappa shape index (κ3) is 6.05. The van der Waals surface area contributed by atoms with Crippen LogP contribution >= 0.6 is 0 Å². The number of hydrogen-bond acceptors (Lipinski definition) is 7. The molecule has 0 amide bonds. The number of para-hydroxylation sites is 1. The summed E-state index contributed by atoms with van der Waals surface area (Å²) in [7, 11) is 1.60. The highest BCUT2D eigenvalue weighted by atomic mass is 16.5. The van der Waals surface area contributed by atoms with E-state index in [2.05, 4.69) is 13.8 Å². The molecule has 0 unspecified atom stereocenters. The van der Waals surface area contributed by atoms with Crippen LogP contribution in [0.5, 0.6) is 28.7 Å². The van der Waals surface area contributed by atoms with E-state index < -0.39 is 5.97 Å². The lowest BCUT2D eigenvalue weighted by Crippen LogP contribution is -2.10. The molecule has 0 fully saturated rings. The molecular formula is C29H28O7. The topological polar surface area (TPSA) is 84.2 Å². The largest absolute Gasteiger partial charge is 0.497 e. The minimum atomic E-state index is -0.403. The first-order chi connectivity index (χ1) is 17.4. The predicted molar refractivity (Wildman–Crippen MR) is 136 cm³/mol. The normalized spacial score (nSPS) is 10.9. The van der Waals surface area contributed by atoms with Crippen molar-refractivity contribution in [2.24, 2.45) is 0 Å². The number of ether oxygens (including phenoxy) is 4. The Kier molecular flexibility index (Phi) is 7.90. The Morgan fingerprint density at radius 3 is 2.39 bits per heavy atom. The molecule has 36 heavy (non-hydrogen) atoms. The third-order valence-corrected chi connectivity index (χ3v) is 5.56. The predicted octanol–water partition coefficient (Wildman–Crippen LogP) is 6.48. The van der Waals surface area contributed by atoms with Crippen LogP contribution in [0.1, 0.15) is 38.2 Å². The van der Waals surface area contributed by atoms with Crippen molar-refractivity contribution in [3.05, 3.63) is 88.8 Å². The van der Waals surface area contributed by atoms with Crippen molar-refractivity contribution in [2.45, 2.75) is 32.6 Å². The van der Waals surface area contributed by atoms with Crippen molar-refractivity contribution in [1.82, 2.24) is 0 Å². The smallest absolute Gasteiger partial charge is 0.311 e. The molecule has 0 saturated heterocycles. The lowest BCUT2D eigenvalue weighted by molar-refractivity contribution is -0.134. The van der Waals surface area contributed by atoms with E-state index in [1.165, 1.54) is 12.3 Å². The van der Waals surface area contributed by atoms with Gasteiger partial charge in [0.25, 0.3) is 0 Å². The molecule has 0 aliphatic carbocycles. The van der Waals surface area contributed by atoms with Gasteiger partial charge in [0.15, 0.2) is 0 Å². The van der Waals surface area contributed by atoms with E-state index in [-0.39, 0.29) is 23.5 Å². The van der Waals surface area contributed by atoms with Gasteiger partial charge in [0.2, 0.25) is 11.2 Å². The number of hydrogen-bond donors (Lipinski definition) is 0. The summed E-state index contributed by atoms with van der Waals surface area (Å²) in [6.07, 6.45) is 1.95. The van der Waals surface area contributed by atoms with Gasteiger partial charge >= 0.3 is 5.97 Å². The molecule has 7 nitrogen and oxygen atoms in total. The van der Waals surface area contributed by atoms with E-state index in [9.17, 15) is 9.59 Å². The second-order valence-corrected chi connectivity index (χ2v) is 8.48. The number of carbonyl (C=O) groups excluding carboxylic acids is 1. The number of benzene rings is 3. The standard InChI is InChI=1S/C29H28O7/c1-19(2)23-7-4-5-8-25(23)36-27-18-34-26-17-22(14-15-24(26)29(27)31)35-28(30)9-6-16-33-21-12-10-20(32-3)11-13-21/h4-5,7-8,10-15,17-19H,6,9,16H2,1-3H3. The van der Waals surface area contributed by atoms with Crippen molar-refractivity contribution in [3.63, 3.8) is 0 Å². The van der Waals surface area contributed by atoms with Gasteiger partial charge in [-0.25, -0.2) is 0 Å². The molecule has 0 radical (unpaired) electrons. The zero-order chi connectivity index (χ0) is 25.5. The van der Waals surface area contributed by atoms with Crippen LogP contribution in [0, 0.1) is 0 Å². The number of fused-ring (bicyclic) bond motifs is 1. The van der Waals surface area contributed by atoms with Crippen LogP contribution in [-0.2, 0) is 4.79 Å². The average molecular weight is 489 g/mol. The number of methoxy groups -OCH3 is 1. The number of esters is 1. The molecule has 0 spiro atoms. The van der Waals surface area contributed by atoms with Crippen LogP contribution in [0.15, 0.2) is 82.2 Å². The van der Waals surface area contributed by atoms with E-state index in [0.29, 0.717) is 41.2 Å². The maximum absolute atomic E-state index is 13.0. The van der Waals surface area contributed by atoms with Crippen molar-refractivity contribution < 1.29 is 28.2 Å². The molecule has 0 N–H and O–H groups in total. The molecule has 0 saturated carbocycles. The fourth-order valence-electron chi connectivity index (χ4n) is 3.65. The Labute approximate surface area is 209 Å². The molecule has 0 bridgehead atoms. The summed E-state index contributed by atoms with van der Waals surface area (Å²) in [6, 6.07) is 19.5. The summed E-state index contributed by atoms with van der Waals surface area (Å²) < 4.78 is 27.7. The molecule has 0 aliphatic heterocycles. The van der Waals surface area contributed by atoms with Crippen LogP contribution in [0.2, 0.25) is 0 Å². The summed E-state index contributed by atoms with van der Waals surface area (Å²) in [5.74, 6) is 2.28. The van der Waals surface area contributed by atoms with Gasteiger partial charge in [0.1, 0.15) is 34.8 Å². The number of rotatable bonds is 10. The highest BCUT2D eigenvalue weighted by Gasteiger charge is 2.14. The van der Waals surface area contributed by atoms with E-state index in [1.807, 2.05) is 24.3 Å². The monoisotopic (exact) mass is 488 g/mol. The summed E-state index contributed by atoms with van der Waals surface area (Å²) in [6.45, 7) is 4.49. The first kappa shape index (κ1) is 24.9. The van der Waals surface area contributed by atoms with E-state index in [0.717, 1.165) is 11.3 Å². The summed E-state index contributed by atoms with van der Waals surface area (Å²) >= 11 is 0. The van der Waals surface area contributed by atoms with Gasteiger partial charge in [0, 0.05) is 12.5 Å². The molecule has 4 aromatic rings. The second-order valence-electron chi connectivity index (χ2n) is 8.48. The first-order valence-corrected chi connectivity index (χ1v) is 11.7. The van der Waals surface area contributed by atoms with Gasteiger partial charge in [-0.3, -0.25) is 9.59 Å². The second kappa shape index (κ2) is 11.4. The highest BCUT2D eigenvalue weighted by Crippen LogP contribution is 2.30. The Morgan fingerprint density at radius 2 is 1.64 bits per heavy atom. The molecule has 1 heterocycles. The van der Waals surface area contributed by atoms with Crippen LogP contribution < -0.4 is 24.4 Å².